The van der Waals surface area contributed by atoms with Gasteiger partial charge in [-0.15, -0.1) is 0 Å². The predicted molar refractivity (Wildman–Crippen MR) is 73.4 cm³/mol. The van der Waals surface area contributed by atoms with Crippen LogP contribution in [0.15, 0.2) is 23.1 Å². The number of hydrogen-bond acceptors (Lipinski definition) is 5. The van der Waals surface area contributed by atoms with E-state index in [4.69, 9.17) is 0 Å². The van der Waals surface area contributed by atoms with Gasteiger partial charge in [-0.25, -0.2) is 8.42 Å². The average Bonchev–Trinajstić information content (AvgIpc) is 3.05. The Labute approximate surface area is 121 Å². The Kier molecular flexibility index (Phi) is 3.31. The maximum absolute atomic E-state index is 12.6. The van der Waals surface area contributed by atoms with Gasteiger partial charge in [-0.2, -0.15) is 4.31 Å². The number of sulfonamides is 1. The van der Waals surface area contributed by atoms with Crippen molar-refractivity contribution in [2.24, 2.45) is 0 Å². The number of carbonyl (C=O) groups excluding carboxylic acids is 2. The van der Waals surface area contributed by atoms with Gasteiger partial charge in [0.2, 0.25) is 10.0 Å². The number of nitrogens with zero attached hydrogens (tertiary/aromatic N) is 1. The molecule has 0 spiro atoms. The smallest absolute Gasteiger partial charge is 0.296 e. The molecule has 0 unspecified atom stereocenters. The van der Waals surface area contributed by atoms with Crippen LogP contribution >= 0.6 is 0 Å². The van der Waals surface area contributed by atoms with E-state index in [1.54, 1.807) is 0 Å². The normalized spacial score (nSPS) is 22.4. The molecule has 1 amide bonds. The van der Waals surface area contributed by atoms with Gasteiger partial charge in [0.15, 0.2) is 0 Å². The second-order valence-corrected chi connectivity index (χ2v) is 6.98. The van der Waals surface area contributed by atoms with Gasteiger partial charge in [-0.3, -0.25) is 9.59 Å². The van der Waals surface area contributed by atoms with E-state index in [2.05, 4.69) is 5.32 Å². The highest BCUT2D eigenvalue weighted by Gasteiger charge is 2.36. The van der Waals surface area contributed by atoms with Crippen LogP contribution in [0.25, 0.3) is 0 Å². The minimum atomic E-state index is -3.78. The number of nitrogens with one attached hydrogen (secondary N) is 1. The van der Waals surface area contributed by atoms with Gasteiger partial charge >= 0.3 is 0 Å². The second-order valence-electron chi connectivity index (χ2n) is 5.09. The van der Waals surface area contributed by atoms with E-state index in [1.165, 1.54) is 22.5 Å². The van der Waals surface area contributed by atoms with Crippen LogP contribution in [0.4, 0.5) is 5.69 Å². The number of hydrogen-bond donors (Lipinski definition) is 2. The van der Waals surface area contributed by atoms with E-state index in [1.807, 2.05) is 0 Å². The van der Waals surface area contributed by atoms with Crippen LogP contribution in [-0.4, -0.2) is 48.7 Å². The Balaban J connectivity index is 2.01. The number of benzene rings is 1. The highest BCUT2D eigenvalue weighted by Crippen LogP contribution is 2.30. The number of fused-ring (bicyclic) bond motifs is 1. The van der Waals surface area contributed by atoms with Crippen molar-refractivity contribution in [1.82, 2.24) is 4.31 Å². The molecule has 0 bridgehead atoms. The Bertz CT molecular complexity index is 728. The molecule has 1 aromatic carbocycles. The molecule has 8 heteroatoms. The largest absolute Gasteiger partial charge is 0.395 e. The van der Waals surface area contributed by atoms with Crippen molar-refractivity contribution in [2.45, 2.75) is 23.8 Å². The molecule has 1 atom stereocenters. The molecule has 7 nitrogen and oxygen atoms in total. The molecular formula is C13H14N2O5S. The summed E-state index contributed by atoms with van der Waals surface area (Å²) in [6.07, 6.45) is 1.30. The number of carbonyl (C=O) groups is 2. The molecule has 0 aromatic heterocycles. The molecule has 2 aliphatic rings. The minimum Gasteiger partial charge on any atom is -0.395 e. The van der Waals surface area contributed by atoms with E-state index in [0.29, 0.717) is 25.1 Å². The first kappa shape index (κ1) is 14.2. The lowest BCUT2D eigenvalue weighted by atomic mass is 10.1. The van der Waals surface area contributed by atoms with Crippen molar-refractivity contribution in [3.63, 3.8) is 0 Å². The summed E-state index contributed by atoms with van der Waals surface area (Å²) < 4.78 is 26.4. The van der Waals surface area contributed by atoms with E-state index in [-0.39, 0.29) is 17.1 Å². The molecule has 1 saturated heterocycles. The van der Waals surface area contributed by atoms with E-state index >= 15 is 0 Å². The van der Waals surface area contributed by atoms with Crippen LogP contribution in [0, 0.1) is 0 Å². The van der Waals surface area contributed by atoms with Crippen LogP contribution in [0.1, 0.15) is 23.2 Å². The fourth-order valence-electron chi connectivity index (χ4n) is 2.73. The molecule has 0 radical (unpaired) electrons. The predicted octanol–water partition coefficient (Wildman–Crippen LogP) is -0.0332. The summed E-state index contributed by atoms with van der Waals surface area (Å²) in [6, 6.07) is 3.56. The molecule has 2 N–H and O–H groups in total. The van der Waals surface area contributed by atoms with Crippen LogP contribution in [0.2, 0.25) is 0 Å². The van der Waals surface area contributed by atoms with Gasteiger partial charge < -0.3 is 10.4 Å². The van der Waals surface area contributed by atoms with E-state index < -0.39 is 27.8 Å². The summed E-state index contributed by atoms with van der Waals surface area (Å²) in [5, 5.41) is 11.6. The molecule has 21 heavy (non-hydrogen) atoms. The summed E-state index contributed by atoms with van der Waals surface area (Å²) in [5.74, 6) is -1.49. The fraction of sp³-hybridized carbons (Fsp3) is 0.385. The number of rotatable bonds is 3. The van der Waals surface area contributed by atoms with Crippen molar-refractivity contribution in [2.75, 3.05) is 18.5 Å². The molecule has 0 saturated carbocycles. The van der Waals surface area contributed by atoms with Crippen LogP contribution in [0.3, 0.4) is 0 Å². The number of anilines is 1. The maximum Gasteiger partial charge on any atom is 0.296 e. The van der Waals surface area contributed by atoms with E-state index in [9.17, 15) is 23.1 Å². The SMILES string of the molecule is O=C1Nc2ccc(S(=O)(=O)N3CCC[C@H]3CO)cc2C1=O. The Morgan fingerprint density at radius 3 is 2.81 bits per heavy atom. The summed E-state index contributed by atoms with van der Waals surface area (Å²) in [6.45, 7) is 0.110. The van der Waals surface area contributed by atoms with Gasteiger partial charge in [-0.1, -0.05) is 0 Å². The van der Waals surface area contributed by atoms with Crippen molar-refractivity contribution in [3.8, 4) is 0 Å². The van der Waals surface area contributed by atoms with Crippen LogP contribution in [0.5, 0.6) is 0 Å². The van der Waals surface area contributed by atoms with Crippen LogP contribution in [-0.2, 0) is 14.8 Å². The van der Waals surface area contributed by atoms with Gasteiger partial charge in [0, 0.05) is 12.6 Å². The third-order valence-electron chi connectivity index (χ3n) is 3.83. The molecular weight excluding hydrogens is 296 g/mol. The van der Waals surface area contributed by atoms with E-state index in [0.717, 1.165) is 0 Å². The van der Waals surface area contributed by atoms with Crippen molar-refractivity contribution in [3.05, 3.63) is 23.8 Å². The number of aliphatic hydroxyl groups is 1. The first-order valence-corrected chi connectivity index (χ1v) is 8.01. The molecule has 1 fully saturated rings. The van der Waals surface area contributed by atoms with Gasteiger partial charge in [0.1, 0.15) is 0 Å². The second kappa shape index (κ2) is 4.90. The Morgan fingerprint density at radius 2 is 2.10 bits per heavy atom. The zero-order valence-corrected chi connectivity index (χ0v) is 11.9. The molecule has 2 aliphatic heterocycles. The third-order valence-corrected chi connectivity index (χ3v) is 5.78. The van der Waals surface area contributed by atoms with Crippen molar-refractivity contribution < 1.29 is 23.1 Å². The highest BCUT2D eigenvalue weighted by atomic mass is 32.2. The van der Waals surface area contributed by atoms with Gasteiger partial charge in [0.05, 0.1) is 22.8 Å². The van der Waals surface area contributed by atoms with Crippen molar-refractivity contribution in [1.29, 1.82) is 0 Å². The third kappa shape index (κ3) is 2.15. The molecule has 0 aliphatic carbocycles. The Hall–Kier alpha value is -1.77. The van der Waals surface area contributed by atoms with Gasteiger partial charge in [-0.05, 0) is 31.0 Å². The molecule has 2 heterocycles. The molecule has 1 aromatic rings. The molecule has 3 rings (SSSR count). The summed E-state index contributed by atoms with van der Waals surface area (Å²) in [7, 11) is -3.78. The fourth-order valence-corrected chi connectivity index (χ4v) is 4.44. The molecule has 112 valence electrons. The zero-order valence-electron chi connectivity index (χ0n) is 11.1. The van der Waals surface area contributed by atoms with Crippen LogP contribution < -0.4 is 5.32 Å². The number of aliphatic hydroxyl groups excluding tert-OH is 1. The number of Topliss-reactive ketones (excluding diaryl/α,β-unsaturated/α-hetero) is 1. The number of ketones is 1. The average molecular weight is 310 g/mol. The standard InChI is InChI=1S/C13H14N2O5S/c16-7-8-2-1-5-15(8)21(19,20)9-3-4-11-10(6-9)12(17)13(18)14-11/h3-4,6,8,16H,1-2,5,7H2,(H,14,17,18)/t8-/m0/s1. The summed E-state index contributed by atoms with van der Waals surface area (Å²) in [4.78, 5) is 22.9. The lowest BCUT2D eigenvalue weighted by Gasteiger charge is -2.22. The Morgan fingerprint density at radius 1 is 1.33 bits per heavy atom. The summed E-state index contributed by atoms with van der Waals surface area (Å²) in [5.41, 5.74) is 0.393. The lowest BCUT2D eigenvalue weighted by molar-refractivity contribution is -0.112. The first-order chi connectivity index (χ1) is 9.95. The topological polar surface area (TPSA) is 104 Å². The first-order valence-electron chi connectivity index (χ1n) is 6.57. The van der Waals surface area contributed by atoms with Gasteiger partial charge in [0.25, 0.3) is 11.7 Å². The lowest BCUT2D eigenvalue weighted by Crippen LogP contribution is -2.37. The zero-order chi connectivity index (χ0) is 15.2. The maximum atomic E-state index is 12.6. The monoisotopic (exact) mass is 310 g/mol. The summed E-state index contributed by atoms with van der Waals surface area (Å²) >= 11 is 0. The minimum absolute atomic E-state index is 0.0357. The number of amides is 1. The quantitative estimate of drug-likeness (QED) is 0.763. The highest BCUT2D eigenvalue weighted by molar-refractivity contribution is 7.89. The van der Waals surface area contributed by atoms with Crippen molar-refractivity contribution >= 4 is 27.4 Å².